The highest BCUT2D eigenvalue weighted by atomic mass is 19.1. The second-order valence-electron chi connectivity index (χ2n) is 8.20. The number of nitrogens with one attached hydrogen (secondary N) is 1. The normalized spacial score (nSPS) is 14.5. The van der Waals surface area contributed by atoms with Crippen LogP contribution in [0, 0.1) is 5.82 Å². The first-order chi connectivity index (χ1) is 15.9. The molecule has 3 heterocycles. The van der Waals surface area contributed by atoms with E-state index in [4.69, 9.17) is 0 Å². The Hall–Kier alpha value is -3.98. The summed E-state index contributed by atoms with van der Waals surface area (Å²) in [5.74, 6) is -1.35. The number of benzene rings is 1. The zero-order valence-corrected chi connectivity index (χ0v) is 17.7. The second kappa shape index (κ2) is 7.86. The molecule has 0 bridgehead atoms. The van der Waals surface area contributed by atoms with Crippen LogP contribution in [0.2, 0.25) is 0 Å². The number of amides is 1. The summed E-state index contributed by atoms with van der Waals surface area (Å²) in [7, 11) is 0. The molecule has 33 heavy (non-hydrogen) atoms. The molecule has 1 fully saturated rings. The topological polar surface area (TPSA) is 109 Å². The van der Waals surface area contributed by atoms with E-state index in [0.29, 0.717) is 22.5 Å². The second-order valence-corrected chi connectivity index (χ2v) is 8.20. The smallest absolute Gasteiger partial charge is 0.257 e. The minimum atomic E-state index is -0.658. The number of rotatable bonds is 5. The van der Waals surface area contributed by atoms with Gasteiger partial charge in [-0.1, -0.05) is 0 Å². The first-order valence-electron chi connectivity index (χ1n) is 10.5. The Balaban J connectivity index is 1.57. The summed E-state index contributed by atoms with van der Waals surface area (Å²) in [6, 6.07) is 7.26. The fourth-order valence-electron chi connectivity index (χ4n) is 3.92. The first kappa shape index (κ1) is 20.9. The predicted molar refractivity (Wildman–Crippen MR) is 120 cm³/mol. The van der Waals surface area contributed by atoms with Crippen LogP contribution in [0.25, 0.3) is 22.4 Å². The molecule has 1 amide bonds. The maximum Gasteiger partial charge on any atom is 0.257 e. The molecular weight excluding hydrogens is 427 g/mol. The van der Waals surface area contributed by atoms with Crippen molar-refractivity contribution in [3.63, 3.8) is 0 Å². The van der Waals surface area contributed by atoms with Gasteiger partial charge in [0.2, 0.25) is 0 Å². The highest BCUT2D eigenvalue weighted by molar-refractivity contribution is 6.09. The van der Waals surface area contributed by atoms with E-state index < -0.39 is 11.7 Å². The van der Waals surface area contributed by atoms with Gasteiger partial charge in [-0.15, -0.1) is 0 Å². The van der Waals surface area contributed by atoms with Gasteiger partial charge in [0.05, 0.1) is 41.0 Å². The molecule has 168 valence electrons. The van der Waals surface area contributed by atoms with E-state index in [2.05, 4.69) is 10.4 Å². The average molecular weight is 448 g/mol. The summed E-state index contributed by atoms with van der Waals surface area (Å²) in [5, 5.41) is 26.9. The van der Waals surface area contributed by atoms with Crippen molar-refractivity contribution in [1.29, 1.82) is 0 Å². The molecule has 8 nitrogen and oxygen atoms in total. The minimum absolute atomic E-state index is 0.0360. The fraction of sp³-hybridized carbons (Fsp3) is 0.208. The summed E-state index contributed by atoms with van der Waals surface area (Å²) in [4.78, 5) is 25.0. The molecule has 9 heteroatoms. The summed E-state index contributed by atoms with van der Waals surface area (Å²) < 4.78 is 18.8. The van der Waals surface area contributed by atoms with Gasteiger partial charge in [-0.05, 0) is 43.5 Å². The van der Waals surface area contributed by atoms with Crippen LogP contribution in [-0.2, 0) is 6.61 Å². The van der Waals surface area contributed by atoms with E-state index in [1.54, 1.807) is 17.1 Å². The van der Waals surface area contributed by atoms with E-state index >= 15 is 4.39 Å². The quantitative estimate of drug-likeness (QED) is 0.435. The lowest BCUT2D eigenvalue weighted by Crippen LogP contribution is -2.14. The molecule has 0 atom stereocenters. The molecule has 3 N–H and O–H groups in total. The Morgan fingerprint density at radius 3 is 2.76 bits per heavy atom. The Labute approximate surface area is 187 Å². The summed E-state index contributed by atoms with van der Waals surface area (Å²) >= 11 is 0. The molecule has 1 aliphatic carbocycles. The van der Waals surface area contributed by atoms with Crippen LogP contribution in [0.1, 0.15) is 41.7 Å². The summed E-state index contributed by atoms with van der Waals surface area (Å²) in [5.41, 5.74) is 1.16. The van der Waals surface area contributed by atoms with E-state index in [-0.39, 0.29) is 40.1 Å². The number of carbonyl (C=O) groups is 1. The number of aliphatic hydroxyl groups excluding tert-OH is 2. The number of pyridine rings is 1. The van der Waals surface area contributed by atoms with Crippen molar-refractivity contribution < 1.29 is 19.4 Å². The number of aliphatic hydroxyl groups is 2. The van der Waals surface area contributed by atoms with Crippen molar-refractivity contribution in [1.82, 2.24) is 14.2 Å². The fourth-order valence-corrected chi connectivity index (χ4v) is 3.92. The van der Waals surface area contributed by atoms with Crippen LogP contribution in [0.4, 0.5) is 10.1 Å². The van der Waals surface area contributed by atoms with Crippen LogP contribution in [0.5, 0.6) is 0 Å². The molecule has 1 aromatic carbocycles. The zero-order chi connectivity index (χ0) is 23.3. The third kappa shape index (κ3) is 3.76. The van der Waals surface area contributed by atoms with Crippen LogP contribution < -0.4 is 16.1 Å². The van der Waals surface area contributed by atoms with Crippen molar-refractivity contribution in [2.45, 2.75) is 32.4 Å². The van der Waals surface area contributed by atoms with Crippen molar-refractivity contribution in [2.24, 2.45) is 0 Å². The SMILES string of the molecule is C/C(O)=c1\cc(C(=O)Nc2cc(CO)cc(-c3cnn(C4CC4)c3)c2F)c2cc(=O)ccn12. The molecule has 1 saturated carbocycles. The number of halogens is 1. The van der Waals surface area contributed by atoms with E-state index in [1.165, 1.54) is 47.9 Å². The summed E-state index contributed by atoms with van der Waals surface area (Å²) in [6.45, 7) is 1.12. The Morgan fingerprint density at radius 1 is 1.27 bits per heavy atom. The van der Waals surface area contributed by atoms with E-state index in [9.17, 15) is 19.8 Å². The van der Waals surface area contributed by atoms with Gasteiger partial charge in [0.15, 0.2) is 11.2 Å². The predicted octanol–water partition coefficient (Wildman–Crippen LogP) is 2.79. The molecule has 0 spiro atoms. The third-order valence-corrected chi connectivity index (χ3v) is 5.75. The molecule has 4 aromatic rings. The van der Waals surface area contributed by atoms with E-state index in [1.807, 2.05) is 0 Å². The average Bonchev–Trinajstić information content (AvgIpc) is 3.39. The van der Waals surface area contributed by atoms with Crippen LogP contribution >= 0.6 is 0 Å². The molecule has 0 saturated heterocycles. The van der Waals surface area contributed by atoms with Gasteiger partial charge in [0, 0.05) is 35.7 Å². The van der Waals surface area contributed by atoms with Gasteiger partial charge >= 0.3 is 0 Å². The number of carbonyl (C=O) groups excluding carboxylic acids is 1. The number of hydrogen-bond acceptors (Lipinski definition) is 5. The van der Waals surface area contributed by atoms with Gasteiger partial charge < -0.3 is 19.9 Å². The monoisotopic (exact) mass is 448 g/mol. The molecule has 0 aliphatic heterocycles. The van der Waals surface area contributed by atoms with Crippen molar-refractivity contribution >= 4 is 22.9 Å². The summed E-state index contributed by atoms with van der Waals surface area (Å²) in [6.07, 6.45) is 6.85. The molecule has 0 radical (unpaired) electrons. The molecule has 3 aromatic heterocycles. The number of nitrogens with zero attached hydrogens (tertiary/aromatic N) is 3. The minimum Gasteiger partial charge on any atom is -0.510 e. The number of fused-ring (bicyclic) bond motifs is 1. The number of anilines is 1. The highest BCUT2D eigenvalue weighted by Gasteiger charge is 2.25. The van der Waals surface area contributed by atoms with Gasteiger partial charge in [0.25, 0.3) is 5.91 Å². The lowest BCUT2D eigenvalue weighted by Gasteiger charge is -2.11. The van der Waals surface area contributed by atoms with Crippen LogP contribution in [0.3, 0.4) is 0 Å². The maximum atomic E-state index is 15.5. The van der Waals surface area contributed by atoms with Gasteiger partial charge in [-0.3, -0.25) is 14.3 Å². The van der Waals surface area contributed by atoms with Gasteiger partial charge in [-0.25, -0.2) is 4.39 Å². The number of aromatic nitrogens is 3. The van der Waals surface area contributed by atoms with Gasteiger partial charge in [-0.2, -0.15) is 5.10 Å². The van der Waals surface area contributed by atoms with Crippen LogP contribution in [-0.4, -0.2) is 30.3 Å². The maximum absolute atomic E-state index is 15.5. The third-order valence-electron chi connectivity index (χ3n) is 5.75. The lowest BCUT2D eigenvalue weighted by atomic mass is 10.0. The lowest BCUT2D eigenvalue weighted by molar-refractivity contribution is 0.102. The van der Waals surface area contributed by atoms with E-state index in [0.717, 1.165) is 12.8 Å². The molecule has 5 rings (SSSR count). The molecular formula is C24H21FN4O4. The first-order valence-corrected chi connectivity index (χ1v) is 10.5. The molecule has 1 aliphatic rings. The van der Waals surface area contributed by atoms with Crippen molar-refractivity contribution in [2.75, 3.05) is 5.32 Å². The Bertz CT molecular complexity index is 1510. The van der Waals surface area contributed by atoms with Crippen molar-refractivity contribution in [3.05, 3.63) is 81.4 Å². The zero-order valence-electron chi connectivity index (χ0n) is 17.7. The Kier molecular flexibility index (Phi) is 4.98. The van der Waals surface area contributed by atoms with Crippen LogP contribution in [0.15, 0.2) is 53.7 Å². The van der Waals surface area contributed by atoms with Gasteiger partial charge in [0.1, 0.15) is 5.76 Å². The Morgan fingerprint density at radius 2 is 2.06 bits per heavy atom. The largest absolute Gasteiger partial charge is 0.510 e. The van der Waals surface area contributed by atoms with Crippen molar-refractivity contribution in [3.8, 4) is 11.1 Å². The molecule has 0 unspecified atom stereocenters. The highest BCUT2D eigenvalue weighted by Crippen LogP contribution is 2.36. The standard InChI is InChI=1S/C24H21FN4O4/c1-13(31)21-9-19(22-8-17(32)4-5-28(21)22)24(33)27-20-7-14(12-30)6-18(23(20)25)15-10-26-29(11-15)16-2-3-16/h4-11,16,30-31H,2-3,12H2,1H3,(H,27,33)/b21-13-. The number of hydrogen-bond donors (Lipinski definition) is 3.